The van der Waals surface area contributed by atoms with Gasteiger partial charge in [-0.1, -0.05) is 12.1 Å². The van der Waals surface area contributed by atoms with Gasteiger partial charge in [0.25, 0.3) is 5.56 Å². The van der Waals surface area contributed by atoms with E-state index in [1.807, 2.05) is 29.2 Å². The van der Waals surface area contributed by atoms with Crippen LogP contribution in [0.2, 0.25) is 0 Å². The molecule has 0 unspecified atom stereocenters. The van der Waals surface area contributed by atoms with Gasteiger partial charge in [0.05, 0.1) is 25.6 Å². The standard InChI is InChI=1S/C20H28N4O5S/c1-29-18-7-5-16(6-8-18)14-23-15-17(4-3-13-25)21-19(20(23)26)22-9-11-24(12-10-22)30(2,27)28/h5-8,15,25H,3-4,9-14H2,1-2H3. The van der Waals surface area contributed by atoms with E-state index in [2.05, 4.69) is 4.98 Å². The summed E-state index contributed by atoms with van der Waals surface area (Å²) in [5.41, 5.74) is 1.45. The number of rotatable bonds is 8. The molecule has 10 heteroatoms. The molecule has 0 atom stereocenters. The van der Waals surface area contributed by atoms with Gasteiger partial charge in [0.15, 0.2) is 5.82 Å². The van der Waals surface area contributed by atoms with Crippen molar-refractivity contribution in [2.24, 2.45) is 0 Å². The number of anilines is 1. The van der Waals surface area contributed by atoms with E-state index in [1.54, 1.807) is 17.9 Å². The highest BCUT2D eigenvalue weighted by molar-refractivity contribution is 7.88. The predicted molar refractivity (Wildman–Crippen MR) is 115 cm³/mol. The fourth-order valence-corrected chi connectivity index (χ4v) is 4.27. The van der Waals surface area contributed by atoms with Gasteiger partial charge in [0.1, 0.15) is 5.75 Å². The van der Waals surface area contributed by atoms with Gasteiger partial charge in [-0.05, 0) is 30.5 Å². The number of hydrogen-bond acceptors (Lipinski definition) is 7. The first-order chi connectivity index (χ1) is 14.3. The summed E-state index contributed by atoms with van der Waals surface area (Å²) < 4.78 is 31.7. The smallest absolute Gasteiger partial charge is 0.293 e. The Morgan fingerprint density at radius 2 is 1.80 bits per heavy atom. The first-order valence-corrected chi connectivity index (χ1v) is 11.7. The van der Waals surface area contributed by atoms with Gasteiger partial charge in [-0.15, -0.1) is 0 Å². The van der Waals surface area contributed by atoms with E-state index < -0.39 is 10.0 Å². The van der Waals surface area contributed by atoms with Crippen LogP contribution in [0.25, 0.3) is 0 Å². The van der Waals surface area contributed by atoms with Crippen molar-refractivity contribution >= 4 is 15.8 Å². The minimum absolute atomic E-state index is 0.0433. The number of hydrogen-bond donors (Lipinski definition) is 1. The molecule has 30 heavy (non-hydrogen) atoms. The van der Waals surface area contributed by atoms with E-state index in [0.29, 0.717) is 51.4 Å². The Bertz CT molecular complexity index is 1010. The second-order valence-electron chi connectivity index (χ2n) is 7.31. The molecule has 0 bridgehead atoms. The maximum atomic E-state index is 13.2. The number of benzene rings is 1. The zero-order valence-electron chi connectivity index (χ0n) is 17.3. The quantitative estimate of drug-likeness (QED) is 0.635. The third kappa shape index (κ3) is 5.38. The van der Waals surface area contributed by atoms with Gasteiger partial charge in [0.2, 0.25) is 10.0 Å². The van der Waals surface area contributed by atoms with Crippen LogP contribution in [0.4, 0.5) is 5.82 Å². The van der Waals surface area contributed by atoms with Crippen LogP contribution >= 0.6 is 0 Å². The van der Waals surface area contributed by atoms with Gasteiger partial charge >= 0.3 is 0 Å². The normalized spacial score (nSPS) is 15.4. The number of sulfonamides is 1. The number of aliphatic hydroxyl groups is 1. The van der Waals surface area contributed by atoms with Crippen LogP contribution in [0, 0.1) is 0 Å². The van der Waals surface area contributed by atoms with Crippen molar-refractivity contribution in [2.45, 2.75) is 19.4 Å². The predicted octanol–water partition coefficient (Wildman–Crippen LogP) is 0.307. The Hall–Kier alpha value is -2.43. The summed E-state index contributed by atoms with van der Waals surface area (Å²) in [5, 5.41) is 9.18. The average molecular weight is 437 g/mol. The molecule has 1 saturated heterocycles. The Balaban J connectivity index is 1.88. The van der Waals surface area contributed by atoms with Crippen LogP contribution in [0.15, 0.2) is 35.3 Å². The third-order valence-corrected chi connectivity index (χ3v) is 6.42. The lowest BCUT2D eigenvalue weighted by Crippen LogP contribution is -2.50. The van der Waals surface area contributed by atoms with Crippen LogP contribution < -0.4 is 15.2 Å². The summed E-state index contributed by atoms with van der Waals surface area (Å²) >= 11 is 0. The number of nitrogens with zero attached hydrogens (tertiary/aromatic N) is 4. The molecule has 0 radical (unpaired) electrons. The molecule has 2 heterocycles. The van der Waals surface area contributed by atoms with Crippen molar-refractivity contribution in [3.63, 3.8) is 0 Å². The zero-order valence-corrected chi connectivity index (χ0v) is 18.1. The molecule has 2 aromatic rings. The highest BCUT2D eigenvalue weighted by atomic mass is 32.2. The summed E-state index contributed by atoms with van der Waals surface area (Å²) in [7, 11) is -1.65. The maximum absolute atomic E-state index is 13.2. The molecule has 1 aromatic heterocycles. The Morgan fingerprint density at radius 1 is 1.13 bits per heavy atom. The van der Waals surface area contributed by atoms with Crippen LogP contribution in [0.1, 0.15) is 17.7 Å². The lowest BCUT2D eigenvalue weighted by Gasteiger charge is -2.33. The van der Waals surface area contributed by atoms with E-state index in [-0.39, 0.29) is 12.2 Å². The van der Waals surface area contributed by atoms with E-state index >= 15 is 0 Å². The van der Waals surface area contributed by atoms with E-state index in [4.69, 9.17) is 4.74 Å². The molecule has 1 aromatic carbocycles. The highest BCUT2D eigenvalue weighted by Gasteiger charge is 2.26. The molecular weight excluding hydrogens is 408 g/mol. The second kappa shape index (κ2) is 9.59. The Labute approximate surface area is 176 Å². The van der Waals surface area contributed by atoms with Crippen molar-refractivity contribution in [3.8, 4) is 5.75 Å². The number of methoxy groups -OCH3 is 1. The van der Waals surface area contributed by atoms with Crippen LogP contribution in [0.3, 0.4) is 0 Å². The molecule has 0 saturated carbocycles. The molecule has 1 aliphatic heterocycles. The molecule has 1 N–H and O–H groups in total. The topological polar surface area (TPSA) is 105 Å². The lowest BCUT2D eigenvalue weighted by atomic mass is 10.2. The van der Waals surface area contributed by atoms with Gasteiger partial charge in [-0.3, -0.25) is 4.79 Å². The van der Waals surface area contributed by atoms with Crippen molar-refractivity contribution in [1.29, 1.82) is 0 Å². The Morgan fingerprint density at radius 3 is 2.37 bits per heavy atom. The van der Waals surface area contributed by atoms with E-state index in [0.717, 1.165) is 17.0 Å². The summed E-state index contributed by atoms with van der Waals surface area (Å²) in [6.07, 6.45) is 4.03. The number of piperazine rings is 1. The fraction of sp³-hybridized carbons (Fsp3) is 0.500. The van der Waals surface area contributed by atoms with Gasteiger partial charge in [-0.2, -0.15) is 4.31 Å². The molecular formula is C20H28N4O5S. The number of aryl methyl sites for hydroxylation is 1. The van der Waals surface area contributed by atoms with Crippen molar-refractivity contribution in [3.05, 3.63) is 52.1 Å². The van der Waals surface area contributed by atoms with Gasteiger partial charge in [0, 0.05) is 39.0 Å². The largest absolute Gasteiger partial charge is 0.497 e. The molecule has 164 valence electrons. The molecule has 0 amide bonds. The van der Waals surface area contributed by atoms with E-state index in [9.17, 15) is 18.3 Å². The average Bonchev–Trinajstić information content (AvgIpc) is 2.74. The fourth-order valence-electron chi connectivity index (χ4n) is 3.44. The van der Waals surface area contributed by atoms with Gasteiger partial charge < -0.3 is 19.3 Å². The van der Waals surface area contributed by atoms with E-state index in [1.165, 1.54) is 10.6 Å². The number of aromatic nitrogens is 2. The molecule has 9 nitrogen and oxygen atoms in total. The van der Waals surface area contributed by atoms with Crippen LogP contribution in [-0.2, 0) is 23.0 Å². The summed E-state index contributed by atoms with van der Waals surface area (Å²) in [5.74, 6) is 1.07. The maximum Gasteiger partial charge on any atom is 0.293 e. The molecule has 1 fully saturated rings. The molecule has 0 spiro atoms. The van der Waals surface area contributed by atoms with Crippen molar-refractivity contribution < 1.29 is 18.3 Å². The highest BCUT2D eigenvalue weighted by Crippen LogP contribution is 2.15. The monoisotopic (exact) mass is 436 g/mol. The molecule has 0 aliphatic carbocycles. The van der Waals surface area contributed by atoms with Crippen molar-refractivity contribution in [1.82, 2.24) is 13.9 Å². The molecule has 3 rings (SSSR count). The third-order valence-electron chi connectivity index (χ3n) is 5.12. The number of ether oxygens (including phenoxy) is 1. The Kier molecular flexibility index (Phi) is 7.11. The van der Waals surface area contributed by atoms with Crippen LogP contribution in [-0.4, -0.2) is 73.5 Å². The zero-order chi connectivity index (χ0) is 21.7. The van der Waals surface area contributed by atoms with Gasteiger partial charge in [-0.25, -0.2) is 13.4 Å². The first kappa shape index (κ1) is 22.3. The first-order valence-electron chi connectivity index (χ1n) is 9.86. The minimum Gasteiger partial charge on any atom is -0.497 e. The number of aliphatic hydroxyl groups excluding tert-OH is 1. The van der Waals surface area contributed by atoms with Crippen LogP contribution in [0.5, 0.6) is 5.75 Å². The second-order valence-corrected chi connectivity index (χ2v) is 9.30. The summed E-state index contributed by atoms with van der Waals surface area (Å²) in [6.45, 7) is 1.87. The minimum atomic E-state index is -3.25. The van der Waals surface area contributed by atoms with Crippen molar-refractivity contribution in [2.75, 3.05) is 51.1 Å². The summed E-state index contributed by atoms with van der Waals surface area (Å²) in [6, 6.07) is 7.51. The SMILES string of the molecule is COc1ccc(Cn2cc(CCCO)nc(N3CCN(S(C)(=O)=O)CC3)c2=O)cc1. The lowest BCUT2D eigenvalue weighted by molar-refractivity contribution is 0.288. The summed E-state index contributed by atoms with van der Waals surface area (Å²) in [4.78, 5) is 19.5. The molecule has 1 aliphatic rings.